The Kier molecular flexibility index (Phi) is 5.28. The van der Waals surface area contributed by atoms with Gasteiger partial charge in [0.2, 0.25) is 0 Å². The second-order valence-electron chi connectivity index (χ2n) is 5.59. The van der Waals surface area contributed by atoms with Gasteiger partial charge >= 0.3 is 0 Å². The number of halogens is 1. The van der Waals surface area contributed by atoms with Crippen LogP contribution in [0.1, 0.15) is 22.0 Å². The standard InChI is InChI=1S/C16H18FN5S/c17-12-6-13(8-19-9-15-3-2-14(7-18)23-15)22(10-12)11-16-20-4-1-5-21-16/h1-5,12-13,19H,6,8-11H2/t12-,13-/m0/s1. The predicted octanol–water partition coefficient (Wildman–Crippen LogP) is 2.11. The quantitative estimate of drug-likeness (QED) is 0.878. The molecule has 3 heterocycles. The summed E-state index contributed by atoms with van der Waals surface area (Å²) in [7, 11) is 0. The van der Waals surface area contributed by atoms with E-state index in [0.29, 0.717) is 37.5 Å². The van der Waals surface area contributed by atoms with Gasteiger partial charge in [-0.15, -0.1) is 11.3 Å². The molecule has 3 rings (SSSR count). The zero-order valence-electron chi connectivity index (χ0n) is 12.7. The van der Waals surface area contributed by atoms with Gasteiger partial charge in [0.15, 0.2) is 0 Å². The molecule has 1 saturated heterocycles. The summed E-state index contributed by atoms with van der Waals surface area (Å²) in [6.07, 6.45) is 3.16. The number of hydrogen-bond donors (Lipinski definition) is 1. The normalized spacial score (nSPS) is 21.4. The largest absolute Gasteiger partial charge is 0.310 e. The Balaban J connectivity index is 1.52. The molecule has 2 aromatic rings. The number of thiophene rings is 1. The molecule has 1 aliphatic rings. The average molecular weight is 331 g/mol. The van der Waals surface area contributed by atoms with E-state index in [1.165, 1.54) is 11.3 Å². The summed E-state index contributed by atoms with van der Waals surface area (Å²) >= 11 is 1.49. The molecule has 0 saturated carbocycles. The molecule has 2 aromatic heterocycles. The number of likely N-dealkylation sites (tertiary alicyclic amines) is 1. The maximum atomic E-state index is 13.8. The average Bonchev–Trinajstić information content (AvgIpc) is 3.15. The summed E-state index contributed by atoms with van der Waals surface area (Å²) in [5.41, 5.74) is 0. The fourth-order valence-electron chi connectivity index (χ4n) is 2.82. The van der Waals surface area contributed by atoms with E-state index in [-0.39, 0.29) is 6.04 Å². The first-order valence-corrected chi connectivity index (χ1v) is 8.40. The second-order valence-corrected chi connectivity index (χ2v) is 6.76. The van der Waals surface area contributed by atoms with Gasteiger partial charge in [0.25, 0.3) is 0 Å². The molecule has 1 N–H and O–H groups in total. The van der Waals surface area contributed by atoms with Gasteiger partial charge in [0.1, 0.15) is 22.9 Å². The third kappa shape index (κ3) is 4.32. The minimum atomic E-state index is -0.794. The Labute approximate surface area is 138 Å². The molecule has 2 atom stereocenters. The van der Waals surface area contributed by atoms with E-state index in [9.17, 15) is 4.39 Å². The fraction of sp³-hybridized carbons (Fsp3) is 0.438. The molecular weight excluding hydrogens is 313 g/mol. The van der Waals surface area contributed by atoms with Crippen LogP contribution in [0.25, 0.3) is 0 Å². The van der Waals surface area contributed by atoms with E-state index in [1.54, 1.807) is 18.5 Å². The van der Waals surface area contributed by atoms with E-state index in [4.69, 9.17) is 5.26 Å². The van der Waals surface area contributed by atoms with Crippen molar-refractivity contribution in [2.45, 2.75) is 31.7 Å². The lowest BCUT2D eigenvalue weighted by atomic mass is 10.2. The van der Waals surface area contributed by atoms with Gasteiger partial charge in [-0.05, 0) is 24.6 Å². The molecule has 1 fully saturated rings. The van der Waals surface area contributed by atoms with Gasteiger partial charge in [-0.25, -0.2) is 14.4 Å². The third-order valence-corrected chi connectivity index (χ3v) is 4.88. The minimum absolute atomic E-state index is 0.143. The van der Waals surface area contributed by atoms with Crippen molar-refractivity contribution in [1.29, 1.82) is 5.26 Å². The highest BCUT2D eigenvalue weighted by Gasteiger charge is 2.32. The summed E-state index contributed by atoms with van der Waals surface area (Å²) < 4.78 is 13.8. The summed E-state index contributed by atoms with van der Waals surface area (Å²) in [5.74, 6) is 0.725. The molecule has 0 aliphatic carbocycles. The molecule has 5 nitrogen and oxygen atoms in total. The first-order chi connectivity index (χ1) is 11.2. The topological polar surface area (TPSA) is 64.8 Å². The molecular formula is C16H18FN5S. The number of nitriles is 1. The SMILES string of the molecule is N#Cc1ccc(CNC[C@@H]2C[C@H](F)CN2Cc2ncccn2)s1. The smallest absolute Gasteiger partial charge is 0.142 e. The van der Waals surface area contributed by atoms with Crippen LogP contribution in [0, 0.1) is 11.3 Å². The number of rotatable bonds is 6. The van der Waals surface area contributed by atoms with Crippen LogP contribution in [-0.2, 0) is 13.1 Å². The lowest BCUT2D eigenvalue weighted by Gasteiger charge is -2.23. The van der Waals surface area contributed by atoms with E-state index < -0.39 is 6.17 Å². The van der Waals surface area contributed by atoms with Crippen molar-refractivity contribution in [3.05, 3.63) is 46.2 Å². The predicted molar refractivity (Wildman–Crippen MR) is 86.5 cm³/mol. The van der Waals surface area contributed by atoms with Crippen LogP contribution in [-0.4, -0.2) is 40.2 Å². The van der Waals surface area contributed by atoms with E-state index >= 15 is 0 Å². The Morgan fingerprint density at radius 1 is 1.39 bits per heavy atom. The van der Waals surface area contributed by atoms with Crippen LogP contribution in [0.2, 0.25) is 0 Å². The van der Waals surface area contributed by atoms with Gasteiger partial charge in [0.05, 0.1) is 6.54 Å². The van der Waals surface area contributed by atoms with Crippen molar-refractivity contribution in [2.75, 3.05) is 13.1 Å². The summed E-state index contributed by atoms with van der Waals surface area (Å²) in [6.45, 7) is 2.43. The first-order valence-electron chi connectivity index (χ1n) is 7.58. The molecule has 0 radical (unpaired) electrons. The van der Waals surface area contributed by atoms with Crippen LogP contribution >= 0.6 is 11.3 Å². The fourth-order valence-corrected chi connectivity index (χ4v) is 3.59. The number of nitrogens with one attached hydrogen (secondary N) is 1. The molecule has 0 spiro atoms. The van der Waals surface area contributed by atoms with Crippen molar-refractivity contribution < 1.29 is 4.39 Å². The summed E-state index contributed by atoms with van der Waals surface area (Å²) in [4.78, 5) is 12.4. The Bertz CT molecular complexity index is 669. The number of nitrogens with zero attached hydrogens (tertiary/aromatic N) is 4. The molecule has 7 heteroatoms. The molecule has 120 valence electrons. The Hall–Kier alpha value is -1.88. The third-order valence-electron chi connectivity index (χ3n) is 3.89. The van der Waals surface area contributed by atoms with E-state index in [0.717, 1.165) is 10.7 Å². The number of alkyl halides is 1. The highest BCUT2D eigenvalue weighted by Crippen LogP contribution is 2.22. The maximum absolute atomic E-state index is 13.8. The zero-order valence-corrected chi connectivity index (χ0v) is 13.5. The van der Waals surface area contributed by atoms with Crippen molar-refractivity contribution in [3.63, 3.8) is 0 Å². The second kappa shape index (κ2) is 7.59. The van der Waals surface area contributed by atoms with Crippen molar-refractivity contribution in [3.8, 4) is 6.07 Å². The van der Waals surface area contributed by atoms with Gasteiger partial charge in [-0.2, -0.15) is 5.26 Å². The van der Waals surface area contributed by atoms with E-state index in [2.05, 4.69) is 26.3 Å². The molecule has 0 aromatic carbocycles. The van der Waals surface area contributed by atoms with Gasteiger partial charge in [-0.1, -0.05) is 0 Å². The molecule has 23 heavy (non-hydrogen) atoms. The number of aromatic nitrogens is 2. The molecule has 1 aliphatic heterocycles. The van der Waals surface area contributed by atoms with Crippen LogP contribution in [0.5, 0.6) is 0 Å². The zero-order chi connectivity index (χ0) is 16.1. The van der Waals surface area contributed by atoms with Gasteiger partial charge in [-0.3, -0.25) is 4.90 Å². The Morgan fingerprint density at radius 2 is 2.22 bits per heavy atom. The number of hydrogen-bond acceptors (Lipinski definition) is 6. The van der Waals surface area contributed by atoms with Gasteiger partial charge < -0.3 is 5.32 Å². The van der Waals surface area contributed by atoms with Crippen molar-refractivity contribution in [1.82, 2.24) is 20.2 Å². The van der Waals surface area contributed by atoms with Gasteiger partial charge in [0, 0.05) is 42.9 Å². The molecule has 0 amide bonds. The maximum Gasteiger partial charge on any atom is 0.142 e. The van der Waals surface area contributed by atoms with Crippen LogP contribution in [0.3, 0.4) is 0 Å². The minimum Gasteiger partial charge on any atom is -0.310 e. The van der Waals surface area contributed by atoms with Crippen LogP contribution in [0.4, 0.5) is 4.39 Å². The molecule has 0 unspecified atom stereocenters. The lowest BCUT2D eigenvalue weighted by molar-refractivity contribution is 0.225. The highest BCUT2D eigenvalue weighted by molar-refractivity contribution is 7.12. The van der Waals surface area contributed by atoms with Crippen molar-refractivity contribution in [2.24, 2.45) is 0 Å². The summed E-state index contributed by atoms with van der Waals surface area (Å²) in [5, 5.41) is 12.2. The monoisotopic (exact) mass is 331 g/mol. The van der Waals surface area contributed by atoms with Crippen LogP contribution < -0.4 is 5.32 Å². The van der Waals surface area contributed by atoms with E-state index in [1.807, 2.05) is 12.1 Å². The molecule has 0 bridgehead atoms. The highest BCUT2D eigenvalue weighted by atomic mass is 32.1. The Morgan fingerprint density at radius 3 is 2.96 bits per heavy atom. The first kappa shape index (κ1) is 16.0. The summed E-state index contributed by atoms with van der Waals surface area (Å²) in [6, 6.07) is 7.84. The van der Waals surface area contributed by atoms with Crippen LogP contribution in [0.15, 0.2) is 30.6 Å². The lowest BCUT2D eigenvalue weighted by Crippen LogP contribution is -2.37. The van der Waals surface area contributed by atoms with Crippen molar-refractivity contribution >= 4 is 11.3 Å².